The van der Waals surface area contributed by atoms with Crippen molar-refractivity contribution in [2.24, 2.45) is 0 Å². The van der Waals surface area contributed by atoms with Crippen molar-refractivity contribution in [3.05, 3.63) is 34.3 Å². The van der Waals surface area contributed by atoms with Gasteiger partial charge in [-0.2, -0.15) is 0 Å². The van der Waals surface area contributed by atoms with Crippen molar-refractivity contribution in [1.82, 2.24) is 10.2 Å². The molecule has 0 heterocycles. The summed E-state index contributed by atoms with van der Waals surface area (Å²) in [6.45, 7) is 7.82. The summed E-state index contributed by atoms with van der Waals surface area (Å²) in [6, 6.07) is 7.34. The molecule has 21 heavy (non-hydrogen) atoms. The summed E-state index contributed by atoms with van der Waals surface area (Å²) in [5, 5.41) is 2.86. The second-order valence-electron chi connectivity index (χ2n) is 5.34. The molecule has 1 unspecified atom stereocenters. The third kappa shape index (κ3) is 5.50. The zero-order valence-corrected chi connectivity index (χ0v) is 14.6. The first-order valence-electron chi connectivity index (χ1n) is 7.19. The Morgan fingerprint density at radius 2 is 1.95 bits per heavy atom. The van der Waals surface area contributed by atoms with Crippen LogP contribution in [0.15, 0.2) is 28.7 Å². The summed E-state index contributed by atoms with van der Waals surface area (Å²) in [4.78, 5) is 25.9. The molecule has 1 atom stereocenters. The number of hydrogen-bond donors (Lipinski definition) is 1. The van der Waals surface area contributed by atoms with E-state index >= 15 is 0 Å². The highest BCUT2D eigenvalue weighted by Gasteiger charge is 2.25. The van der Waals surface area contributed by atoms with Crippen LogP contribution in [0.4, 0.5) is 0 Å². The normalized spacial score (nSPS) is 12.1. The lowest BCUT2D eigenvalue weighted by Gasteiger charge is -2.29. The number of benzene rings is 1. The third-order valence-corrected chi connectivity index (χ3v) is 3.64. The molecule has 5 heteroatoms. The van der Waals surface area contributed by atoms with Gasteiger partial charge in [0.15, 0.2) is 0 Å². The maximum Gasteiger partial charge on any atom is 0.242 e. The number of hydrogen-bond acceptors (Lipinski definition) is 2. The molecule has 0 saturated carbocycles. The van der Waals surface area contributed by atoms with E-state index in [0.717, 1.165) is 10.0 Å². The van der Waals surface area contributed by atoms with Crippen LogP contribution in [-0.4, -0.2) is 28.8 Å². The highest BCUT2D eigenvalue weighted by molar-refractivity contribution is 9.10. The Morgan fingerprint density at radius 1 is 1.29 bits per heavy atom. The van der Waals surface area contributed by atoms with Crippen LogP contribution < -0.4 is 5.32 Å². The summed E-state index contributed by atoms with van der Waals surface area (Å²) in [5.74, 6) is -0.150. The molecular weight excluding hydrogens is 332 g/mol. The summed E-state index contributed by atoms with van der Waals surface area (Å²) in [6.07, 6.45) is 0.382. The van der Waals surface area contributed by atoms with E-state index < -0.39 is 6.04 Å². The maximum absolute atomic E-state index is 12.2. The molecule has 0 fully saturated rings. The molecule has 0 aromatic heterocycles. The molecule has 0 radical (unpaired) electrons. The van der Waals surface area contributed by atoms with Crippen LogP contribution in [0, 0.1) is 0 Å². The summed E-state index contributed by atoms with van der Waals surface area (Å²) in [5.41, 5.74) is 0.996. The quantitative estimate of drug-likeness (QED) is 0.853. The standard InChI is InChI=1S/C16H23BrN2O2/c1-5-15(20)19(12(4)16(21)18-11(2)3)10-13-7-6-8-14(17)9-13/h6-9,11-12H,5,10H2,1-4H3,(H,18,21). The fraction of sp³-hybridized carbons (Fsp3) is 0.500. The van der Waals surface area contributed by atoms with Gasteiger partial charge in [0.25, 0.3) is 0 Å². The predicted octanol–water partition coefficient (Wildman–Crippen LogP) is 3.10. The Hall–Kier alpha value is -1.36. The topological polar surface area (TPSA) is 49.4 Å². The van der Waals surface area contributed by atoms with Gasteiger partial charge < -0.3 is 10.2 Å². The Balaban J connectivity index is 2.90. The van der Waals surface area contributed by atoms with E-state index in [4.69, 9.17) is 0 Å². The number of halogens is 1. The van der Waals surface area contributed by atoms with Gasteiger partial charge in [0.1, 0.15) is 6.04 Å². The van der Waals surface area contributed by atoms with Crippen molar-refractivity contribution in [2.75, 3.05) is 0 Å². The van der Waals surface area contributed by atoms with Crippen LogP contribution in [0.3, 0.4) is 0 Å². The van der Waals surface area contributed by atoms with Crippen molar-refractivity contribution in [1.29, 1.82) is 0 Å². The Morgan fingerprint density at radius 3 is 2.48 bits per heavy atom. The van der Waals surface area contributed by atoms with Gasteiger partial charge >= 0.3 is 0 Å². The van der Waals surface area contributed by atoms with Crippen LogP contribution in [0.1, 0.15) is 39.7 Å². The minimum absolute atomic E-state index is 0.0265. The average Bonchev–Trinajstić information content (AvgIpc) is 2.42. The number of rotatable bonds is 6. The molecule has 4 nitrogen and oxygen atoms in total. The van der Waals surface area contributed by atoms with Crippen molar-refractivity contribution in [3.8, 4) is 0 Å². The molecule has 1 aromatic rings. The Labute approximate surface area is 135 Å². The van der Waals surface area contributed by atoms with Crippen molar-refractivity contribution in [2.45, 2.75) is 52.7 Å². The number of carbonyl (C=O) groups excluding carboxylic acids is 2. The van der Waals surface area contributed by atoms with Crippen LogP contribution in [-0.2, 0) is 16.1 Å². The summed E-state index contributed by atoms with van der Waals surface area (Å²) < 4.78 is 0.961. The first-order valence-corrected chi connectivity index (χ1v) is 7.98. The van der Waals surface area contributed by atoms with Crippen LogP contribution >= 0.6 is 15.9 Å². The lowest BCUT2D eigenvalue weighted by molar-refractivity contribution is -0.140. The van der Waals surface area contributed by atoms with Crippen molar-refractivity contribution >= 4 is 27.7 Å². The molecule has 1 rings (SSSR count). The SMILES string of the molecule is CCC(=O)N(Cc1cccc(Br)c1)C(C)C(=O)NC(C)C. The lowest BCUT2D eigenvalue weighted by Crippen LogP contribution is -2.48. The van der Waals surface area contributed by atoms with Gasteiger partial charge in [-0.05, 0) is 38.5 Å². The zero-order valence-electron chi connectivity index (χ0n) is 13.0. The molecule has 2 amide bonds. The second-order valence-corrected chi connectivity index (χ2v) is 6.26. The van der Waals surface area contributed by atoms with E-state index in [1.165, 1.54) is 0 Å². The van der Waals surface area contributed by atoms with Gasteiger partial charge in [-0.1, -0.05) is 35.0 Å². The maximum atomic E-state index is 12.2. The van der Waals surface area contributed by atoms with Crippen molar-refractivity contribution in [3.63, 3.8) is 0 Å². The number of carbonyl (C=O) groups is 2. The van der Waals surface area contributed by atoms with Gasteiger partial charge in [-0.3, -0.25) is 9.59 Å². The molecular formula is C16H23BrN2O2. The fourth-order valence-corrected chi connectivity index (χ4v) is 2.47. The minimum Gasteiger partial charge on any atom is -0.352 e. The second kappa shape index (κ2) is 8.17. The third-order valence-electron chi connectivity index (χ3n) is 3.14. The van der Waals surface area contributed by atoms with E-state index in [-0.39, 0.29) is 17.9 Å². The molecule has 1 aromatic carbocycles. The first-order chi connectivity index (χ1) is 9.85. The molecule has 1 N–H and O–H groups in total. The number of nitrogens with one attached hydrogen (secondary N) is 1. The number of amides is 2. The van der Waals surface area contributed by atoms with Gasteiger partial charge in [-0.25, -0.2) is 0 Å². The van der Waals surface area contributed by atoms with E-state index in [0.29, 0.717) is 13.0 Å². The predicted molar refractivity (Wildman–Crippen MR) is 87.7 cm³/mol. The van der Waals surface area contributed by atoms with Crippen molar-refractivity contribution < 1.29 is 9.59 Å². The fourth-order valence-electron chi connectivity index (χ4n) is 2.02. The monoisotopic (exact) mass is 354 g/mol. The lowest BCUT2D eigenvalue weighted by atomic mass is 10.1. The van der Waals surface area contributed by atoms with Gasteiger partial charge in [0.05, 0.1) is 0 Å². The Bertz CT molecular complexity index is 503. The highest BCUT2D eigenvalue weighted by Crippen LogP contribution is 2.15. The van der Waals surface area contributed by atoms with E-state index in [1.807, 2.05) is 45.0 Å². The minimum atomic E-state index is -0.487. The molecule has 0 bridgehead atoms. The highest BCUT2D eigenvalue weighted by atomic mass is 79.9. The van der Waals surface area contributed by atoms with Crippen LogP contribution in [0.25, 0.3) is 0 Å². The van der Waals surface area contributed by atoms with Gasteiger partial charge in [0, 0.05) is 23.5 Å². The average molecular weight is 355 g/mol. The van der Waals surface area contributed by atoms with E-state index in [2.05, 4.69) is 21.2 Å². The zero-order chi connectivity index (χ0) is 16.0. The first kappa shape index (κ1) is 17.7. The summed E-state index contributed by atoms with van der Waals surface area (Å²) >= 11 is 3.42. The largest absolute Gasteiger partial charge is 0.352 e. The van der Waals surface area contributed by atoms with Gasteiger partial charge in [-0.15, -0.1) is 0 Å². The van der Waals surface area contributed by atoms with Crippen LogP contribution in [0.5, 0.6) is 0 Å². The summed E-state index contributed by atoms with van der Waals surface area (Å²) in [7, 11) is 0. The Kier molecular flexibility index (Phi) is 6.89. The molecule has 116 valence electrons. The molecule has 0 aliphatic heterocycles. The molecule has 0 aliphatic carbocycles. The van der Waals surface area contributed by atoms with Crippen LogP contribution in [0.2, 0.25) is 0 Å². The molecule has 0 saturated heterocycles. The molecule has 0 spiro atoms. The van der Waals surface area contributed by atoms with E-state index in [9.17, 15) is 9.59 Å². The smallest absolute Gasteiger partial charge is 0.242 e. The molecule has 0 aliphatic rings. The van der Waals surface area contributed by atoms with E-state index in [1.54, 1.807) is 11.8 Å². The number of nitrogens with zero attached hydrogens (tertiary/aromatic N) is 1. The van der Waals surface area contributed by atoms with Gasteiger partial charge in [0.2, 0.25) is 11.8 Å².